The maximum absolute atomic E-state index is 9.68. The number of anilines is 6. The van der Waals surface area contributed by atoms with Crippen LogP contribution in [0.2, 0.25) is 6.82 Å². The number of hydrogen-bond acceptors (Lipinski definition) is 17. The van der Waals surface area contributed by atoms with E-state index in [0.29, 0.717) is 46.7 Å². The van der Waals surface area contributed by atoms with Crippen molar-refractivity contribution >= 4 is 53.8 Å². The number of nitrogens with one attached hydrogen (secondary N) is 3. The van der Waals surface area contributed by atoms with E-state index in [9.17, 15) is 5.02 Å². The molecule has 6 aromatic heterocycles. The van der Waals surface area contributed by atoms with Crippen molar-refractivity contribution in [2.75, 3.05) is 34.5 Å². The lowest BCUT2D eigenvalue weighted by atomic mass is 9.86. The molecule has 392 valence electrons. The topological polar surface area (TPSA) is 227 Å². The summed E-state index contributed by atoms with van der Waals surface area (Å²) in [7, 11) is 3.27. The fourth-order valence-electron chi connectivity index (χ4n) is 9.06. The molecule has 19 nitrogen and oxygen atoms in total. The summed E-state index contributed by atoms with van der Waals surface area (Å²) in [6.45, 7) is 13.9. The molecule has 0 aliphatic rings. The first kappa shape index (κ1) is 53.1. The molecule has 0 aliphatic carbocycles. The fourth-order valence-corrected chi connectivity index (χ4v) is 9.06. The van der Waals surface area contributed by atoms with Crippen LogP contribution in [0.5, 0.6) is 0 Å². The first-order valence-corrected chi connectivity index (χ1v) is 25.8. The van der Waals surface area contributed by atoms with E-state index in [0.717, 1.165) is 57.9 Å². The van der Waals surface area contributed by atoms with Gasteiger partial charge in [-0.1, -0.05) is 109 Å². The molecule has 0 aliphatic heterocycles. The first-order valence-electron chi connectivity index (χ1n) is 25.8. The Balaban J connectivity index is 0.000000188. The Bertz CT molecular complexity index is 3570. The molecular formula is C57H65BN18O. The summed E-state index contributed by atoms with van der Waals surface area (Å²) in [6.07, 6.45) is 4.67. The summed E-state index contributed by atoms with van der Waals surface area (Å²) >= 11 is 0. The third-order valence-electron chi connectivity index (χ3n) is 12.9. The van der Waals surface area contributed by atoms with Gasteiger partial charge in [0.2, 0.25) is 23.8 Å². The molecule has 0 saturated carbocycles. The third kappa shape index (κ3) is 13.2. The molecule has 6 N–H and O–H groups in total. The maximum atomic E-state index is 9.68. The van der Waals surface area contributed by atoms with E-state index in [2.05, 4.69) is 108 Å². The Kier molecular flexibility index (Phi) is 16.5. The van der Waals surface area contributed by atoms with Gasteiger partial charge in [0, 0.05) is 85.0 Å². The van der Waals surface area contributed by atoms with Gasteiger partial charge < -0.3 is 26.6 Å². The van der Waals surface area contributed by atoms with E-state index in [1.54, 1.807) is 15.9 Å². The number of rotatable bonds is 18. The molecule has 0 saturated heterocycles. The Morgan fingerprint density at radius 3 is 1.44 bits per heavy atom. The second kappa shape index (κ2) is 23.9. The standard InChI is InChI=1S/C29H34BN9O.C28H31N9/c1-19(14-22-10-9-13-24(16-22)21(3)37-30(4)40)33-28-34-20(2)15-27(36-28)38(5)29-35-25(23-11-7-6-8-12-23)17-26-31-18-32-39(26)29;1-18(13-21-9-8-12-23(15-21)20(3)29)32-27-33-19(2)14-26(35-27)36(4)28-34-24(22-10-6-5-7-11-22)16-25-30-17-31-37(25)28/h6-13,15-19,21,37,40H,14H2,1-5H3,(H,33,34,36);5-12,14-18,20H,13,29H2,1-4H3,(H,32,33,35)/t19-,21+;18-,20+/m00/s1. The largest absolute Gasteiger partial charge is 0.437 e. The monoisotopic (exact) mass is 1030 g/mol. The van der Waals surface area contributed by atoms with Crippen LogP contribution < -0.4 is 31.4 Å². The maximum Gasteiger partial charge on any atom is 0.374 e. The van der Waals surface area contributed by atoms with Crippen LogP contribution in [-0.2, 0) is 12.8 Å². The van der Waals surface area contributed by atoms with Crippen LogP contribution in [0, 0.1) is 13.8 Å². The zero-order valence-corrected chi connectivity index (χ0v) is 44.9. The van der Waals surface area contributed by atoms with Crippen LogP contribution >= 0.6 is 0 Å². The van der Waals surface area contributed by atoms with E-state index in [4.69, 9.17) is 25.7 Å². The van der Waals surface area contributed by atoms with Gasteiger partial charge in [-0.05, 0) is 83.5 Å². The van der Waals surface area contributed by atoms with Crippen LogP contribution in [0.15, 0.2) is 146 Å². The lowest BCUT2D eigenvalue weighted by Crippen LogP contribution is -2.32. The second-order valence-corrected chi connectivity index (χ2v) is 19.5. The Hall–Kier alpha value is -8.72. The smallest absolute Gasteiger partial charge is 0.374 e. The molecule has 4 aromatic carbocycles. The van der Waals surface area contributed by atoms with Crippen LogP contribution in [0.4, 0.5) is 35.4 Å². The summed E-state index contributed by atoms with van der Waals surface area (Å²) in [4.78, 5) is 41.4. The highest BCUT2D eigenvalue weighted by Crippen LogP contribution is 2.29. The van der Waals surface area contributed by atoms with E-state index in [1.807, 2.05) is 137 Å². The SMILES string of the molecule is CB(O)N[C@H](C)c1cccc(C[C@H](C)Nc2nc(C)cc(N(C)c3nc(-c4ccccc4)cc4ncnn34)n2)c1.Cc1cc(N(C)c2nc(-c3ccccc3)cc3ncnn23)nc(N[C@@H](C)Cc2cccc([C@@H](C)N)c2)n1. The van der Waals surface area contributed by atoms with E-state index < -0.39 is 7.05 Å². The van der Waals surface area contributed by atoms with Crippen molar-refractivity contribution in [1.29, 1.82) is 0 Å². The molecule has 0 unspecified atom stereocenters. The van der Waals surface area contributed by atoms with Crippen LogP contribution in [-0.4, -0.2) is 97.4 Å². The normalized spacial score (nSPS) is 12.8. The van der Waals surface area contributed by atoms with Crippen molar-refractivity contribution in [3.05, 3.63) is 180 Å². The number of fused-ring (bicyclic) bond motifs is 2. The summed E-state index contributed by atoms with van der Waals surface area (Å²) < 4.78 is 3.42. The highest BCUT2D eigenvalue weighted by molar-refractivity contribution is 6.45. The number of nitrogens with two attached hydrogens (primary N) is 1. The number of aryl methyl sites for hydroxylation is 2. The fraction of sp³-hybridized carbons (Fsp3) is 0.263. The van der Waals surface area contributed by atoms with Crippen molar-refractivity contribution in [2.24, 2.45) is 5.73 Å². The van der Waals surface area contributed by atoms with Crippen molar-refractivity contribution in [3.63, 3.8) is 0 Å². The van der Waals surface area contributed by atoms with E-state index >= 15 is 0 Å². The predicted molar refractivity (Wildman–Crippen MR) is 307 cm³/mol. The molecule has 0 spiro atoms. The molecule has 0 fully saturated rings. The van der Waals surface area contributed by atoms with Crippen LogP contribution in [0.25, 0.3) is 33.8 Å². The van der Waals surface area contributed by atoms with Crippen LogP contribution in [0.1, 0.15) is 73.4 Å². The van der Waals surface area contributed by atoms with E-state index in [1.165, 1.54) is 23.8 Å². The van der Waals surface area contributed by atoms with Gasteiger partial charge in [-0.2, -0.15) is 29.2 Å². The molecule has 6 heterocycles. The quantitative estimate of drug-likeness (QED) is 0.0505. The summed E-state index contributed by atoms with van der Waals surface area (Å²) in [5.41, 5.74) is 17.4. The molecule has 0 bridgehead atoms. The first-order chi connectivity index (χ1) is 37.1. The van der Waals surface area contributed by atoms with Crippen molar-refractivity contribution in [1.82, 2.24) is 64.3 Å². The highest BCUT2D eigenvalue weighted by atomic mass is 16.2. The average molecular weight is 1030 g/mol. The van der Waals surface area contributed by atoms with Crippen molar-refractivity contribution in [3.8, 4) is 22.5 Å². The minimum Gasteiger partial charge on any atom is -0.437 e. The molecule has 10 aromatic rings. The highest BCUT2D eigenvalue weighted by Gasteiger charge is 2.20. The van der Waals surface area contributed by atoms with Gasteiger partial charge in [-0.3, -0.25) is 9.80 Å². The summed E-state index contributed by atoms with van der Waals surface area (Å²) in [5.74, 6) is 3.71. The Morgan fingerprint density at radius 1 is 0.558 bits per heavy atom. The van der Waals surface area contributed by atoms with Crippen LogP contribution in [0.3, 0.4) is 0 Å². The summed E-state index contributed by atoms with van der Waals surface area (Å²) in [5, 5.41) is 28.5. The second-order valence-electron chi connectivity index (χ2n) is 19.5. The predicted octanol–water partition coefficient (Wildman–Crippen LogP) is 9.18. The van der Waals surface area contributed by atoms with Gasteiger partial charge in [0.1, 0.15) is 24.3 Å². The molecule has 10 rings (SSSR count). The number of hydrogen-bond donors (Lipinski definition) is 5. The number of aromatic nitrogens is 12. The Morgan fingerprint density at radius 2 is 1.00 bits per heavy atom. The summed E-state index contributed by atoms with van der Waals surface area (Å²) in [6, 6.07) is 44.8. The molecule has 77 heavy (non-hydrogen) atoms. The molecule has 0 radical (unpaired) electrons. The zero-order valence-electron chi connectivity index (χ0n) is 44.9. The van der Waals surface area contributed by atoms with Gasteiger partial charge in [-0.15, -0.1) is 0 Å². The minimum atomic E-state index is -0.568. The lowest BCUT2D eigenvalue weighted by molar-refractivity contribution is 0.534. The van der Waals surface area contributed by atoms with Crippen molar-refractivity contribution in [2.45, 2.75) is 85.4 Å². The minimum absolute atomic E-state index is 0.00636. The zero-order chi connectivity index (χ0) is 54.2. The number of benzene rings is 4. The van der Waals surface area contributed by atoms with Gasteiger partial charge in [-0.25, -0.2) is 29.9 Å². The average Bonchev–Trinajstić information content (AvgIpc) is 4.13. The molecule has 0 amide bonds. The van der Waals surface area contributed by atoms with Gasteiger partial charge in [0.25, 0.3) is 0 Å². The van der Waals surface area contributed by atoms with Gasteiger partial charge in [0.05, 0.1) is 11.4 Å². The van der Waals surface area contributed by atoms with Gasteiger partial charge in [0.15, 0.2) is 11.3 Å². The van der Waals surface area contributed by atoms with Crippen molar-refractivity contribution < 1.29 is 5.02 Å². The third-order valence-corrected chi connectivity index (χ3v) is 12.9. The molecular weight excluding hydrogens is 964 g/mol. The lowest BCUT2D eigenvalue weighted by Gasteiger charge is -2.21. The molecule has 20 heteroatoms. The molecule has 4 atom stereocenters. The Labute approximate surface area is 449 Å². The number of nitrogens with zero attached hydrogens (tertiary/aromatic N) is 14. The van der Waals surface area contributed by atoms with E-state index in [-0.39, 0.29) is 24.2 Å². The van der Waals surface area contributed by atoms with Gasteiger partial charge >= 0.3 is 7.05 Å².